The van der Waals surface area contributed by atoms with Crippen molar-refractivity contribution in [2.75, 3.05) is 10.6 Å². The summed E-state index contributed by atoms with van der Waals surface area (Å²) < 4.78 is 6.68. The lowest BCUT2D eigenvalue weighted by atomic mass is 10.2. The molecule has 0 aliphatic rings. The number of carbonyl (C=O) groups is 2. The Bertz CT molecular complexity index is 948. The largest absolute Gasteiger partial charge is 0.459 e. The van der Waals surface area contributed by atoms with E-state index in [9.17, 15) is 9.59 Å². The molecule has 2 heterocycles. The van der Waals surface area contributed by atoms with Crippen LogP contribution in [-0.4, -0.2) is 21.6 Å². The zero-order valence-electron chi connectivity index (χ0n) is 14.2. The lowest BCUT2D eigenvalue weighted by Gasteiger charge is -2.13. The van der Waals surface area contributed by atoms with Gasteiger partial charge in [-0.3, -0.25) is 14.3 Å². The van der Waals surface area contributed by atoms with Gasteiger partial charge in [-0.2, -0.15) is 5.10 Å². The molecule has 0 atom stereocenters. The molecule has 3 aromatic rings. The van der Waals surface area contributed by atoms with Gasteiger partial charge in [0, 0.05) is 10.7 Å². The maximum atomic E-state index is 12.4. The molecule has 8 heteroatoms. The minimum Gasteiger partial charge on any atom is -0.459 e. The second kappa shape index (κ2) is 7.45. The van der Waals surface area contributed by atoms with Crippen molar-refractivity contribution in [2.45, 2.75) is 20.4 Å². The van der Waals surface area contributed by atoms with Crippen molar-refractivity contribution in [3.8, 4) is 0 Å². The molecule has 0 saturated carbocycles. The predicted molar refractivity (Wildman–Crippen MR) is 98.4 cm³/mol. The first kappa shape index (κ1) is 17.8. The molecule has 2 aromatic heterocycles. The quantitative estimate of drug-likeness (QED) is 0.715. The van der Waals surface area contributed by atoms with E-state index in [4.69, 9.17) is 16.0 Å². The molecule has 0 radical (unpaired) electrons. The fraction of sp³-hybridized carbons (Fsp3) is 0.167. The SMILES string of the molecule is Cc1cc(C)n(CC(=O)Nc2ccc(Cl)cc2NC(=O)c2ccco2)n1. The molecule has 3 rings (SSSR count). The van der Waals surface area contributed by atoms with Crippen LogP contribution in [0.1, 0.15) is 21.9 Å². The van der Waals surface area contributed by atoms with Crippen LogP contribution in [0.25, 0.3) is 0 Å². The molecule has 134 valence electrons. The number of halogens is 1. The Balaban J connectivity index is 1.76. The topological polar surface area (TPSA) is 89.2 Å². The number of hydrogen-bond donors (Lipinski definition) is 2. The van der Waals surface area contributed by atoms with Gasteiger partial charge in [-0.05, 0) is 50.2 Å². The second-order valence-corrected chi connectivity index (χ2v) is 6.19. The van der Waals surface area contributed by atoms with Crippen molar-refractivity contribution in [1.82, 2.24) is 9.78 Å². The number of anilines is 2. The van der Waals surface area contributed by atoms with Gasteiger partial charge in [-0.25, -0.2) is 0 Å². The fourth-order valence-corrected chi connectivity index (χ4v) is 2.65. The van der Waals surface area contributed by atoms with E-state index < -0.39 is 5.91 Å². The van der Waals surface area contributed by atoms with Gasteiger partial charge in [0.05, 0.1) is 23.3 Å². The van der Waals surface area contributed by atoms with Gasteiger partial charge in [0.1, 0.15) is 6.54 Å². The minimum absolute atomic E-state index is 0.0634. The van der Waals surface area contributed by atoms with Crippen LogP contribution >= 0.6 is 11.6 Å². The Morgan fingerprint density at radius 2 is 1.96 bits per heavy atom. The Kier molecular flexibility index (Phi) is 5.09. The number of benzene rings is 1. The average molecular weight is 373 g/mol. The highest BCUT2D eigenvalue weighted by molar-refractivity contribution is 6.31. The summed E-state index contributed by atoms with van der Waals surface area (Å²) in [6.07, 6.45) is 1.41. The minimum atomic E-state index is -0.439. The molecule has 0 aliphatic carbocycles. The molecule has 0 spiro atoms. The summed E-state index contributed by atoms with van der Waals surface area (Å²) in [6.45, 7) is 3.81. The number of aryl methyl sites for hydroxylation is 2. The number of furan rings is 1. The molecular formula is C18H17ClN4O3. The molecule has 0 fully saturated rings. The van der Waals surface area contributed by atoms with E-state index >= 15 is 0 Å². The predicted octanol–water partition coefficient (Wildman–Crippen LogP) is 3.64. The molecular weight excluding hydrogens is 356 g/mol. The molecule has 0 bridgehead atoms. The van der Waals surface area contributed by atoms with Crippen molar-refractivity contribution in [3.63, 3.8) is 0 Å². The van der Waals surface area contributed by atoms with Gasteiger partial charge in [-0.1, -0.05) is 11.6 Å². The Morgan fingerprint density at radius 1 is 1.15 bits per heavy atom. The zero-order valence-corrected chi connectivity index (χ0v) is 15.0. The summed E-state index contributed by atoms with van der Waals surface area (Å²) in [4.78, 5) is 24.5. The van der Waals surface area contributed by atoms with Crippen LogP contribution in [-0.2, 0) is 11.3 Å². The number of amides is 2. The number of aromatic nitrogens is 2. The number of nitrogens with one attached hydrogen (secondary N) is 2. The van der Waals surface area contributed by atoms with Crippen LogP contribution in [0.15, 0.2) is 47.1 Å². The zero-order chi connectivity index (χ0) is 18.7. The highest BCUT2D eigenvalue weighted by Gasteiger charge is 2.14. The third kappa shape index (κ3) is 4.12. The number of carbonyl (C=O) groups excluding carboxylic acids is 2. The van der Waals surface area contributed by atoms with Crippen LogP contribution in [0.2, 0.25) is 5.02 Å². The van der Waals surface area contributed by atoms with Gasteiger partial charge >= 0.3 is 0 Å². The van der Waals surface area contributed by atoms with Crippen LogP contribution < -0.4 is 10.6 Å². The summed E-state index contributed by atoms with van der Waals surface area (Å²) in [6, 6.07) is 9.86. The lowest BCUT2D eigenvalue weighted by molar-refractivity contribution is -0.116. The summed E-state index contributed by atoms with van der Waals surface area (Å²) in [5.74, 6) is -0.553. The third-order valence-electron chi connectivity index (χ3n) is 3.65. The molecule has 2 N–H and O–H groups in total. The maximum Gasteiger partial charge on any atom is 0.291 e. The highest BCUT2D eigenvalue weighted by Crippen LogP contribution is 2.26. The van der Waals surface area contributed by atoms with Gasteiger partial charge in [0.25, 0.3) is 5.91 Å². The Hall–Kier alpha value is -3.06. The lowest BCUT2D eigenvalue weighted by Crippen LogP contribution is -2.21. The third-order valence-corrected chi connectivity index (χ3v) is 3.88. The van der Waals surface area contributed by atoms with Crippen molar-refractivity contribution in [3.05, 3.63) is 64.8 Å². The number of nitrogens with zero attached hydrogens (tertiary/aromatic N) is 2. The van der Waals surface area contributed by atoms with E-state index in [1.807, 2.05) is 19.9 Å². The van der Waals surface area contributed by atoms with E-state index in [1.54, 1.807) is 35.0 Å². The first-order valence-electron chi connectivity index (χ1n) is 7.87. The smallest absolute Gasteiger partial charge is 0.291 e. The van der Waals surface area contributed by atoms with E-state index in [-0.39, 0.29) is 18.2 Å². The van der Waals surface area contributed by atoms with Crippen molar-refractivity contribution < 1.29 is 14.0 Å². The molecule has 1 aromatic carbocycles. The average Bonchev–Trinajstić information content (AvgIpc) is 3.20. The molecule has 0 saturated heterocycles. The van der Waals surface area contributed by atoms with Gasteiger partial charge < -0.3 is 15.1 Å². The summed E-state index contributed by atoms with van der Waals surface area (Å²) in [5, 5.41) is 10.1. The summed E-state index contributed by atoms with van der Waals surface area (Å²) in [5.41, 5.74) is 2.54. The van der Waals surface area contributed by atoms with E-state index in [0.717, 1.165) is 11.4 Å². The van der Waals surface area contributed by atoms with Gasteiger partial charge in [-0.15, -0.1) is 0 Å². The van der Waals surface area contributed by atoms with Crippen LogP contribution in [0.5, 0.6) is 0 Å². The van der Waals surface area contributed by atoms with E-state index in [1.165, 1.54) is 6.26 Å². The highest BCUT2D eigenvalue weighted by atomic mass is 35.5. The standard InChI is InChI=1S/C18H17ClN4O3/c1-11-8-12(2)23(22-11)10-17(24)20-14-6-5-13(19)9-15(14)21-18(25)16-4-3-7-26-16/h3-9H,10H2,1-2H3,(H,20,24)(H,21,25). The fourth-order valence-electron chi connectivity index (χ4n) is 2.48. The number of hydrogen-bond acceptors (Lipinski definition) is 4. The molecule has 0 unspecified atom stereocenters. The maximum absolute atomic E-state index is 12.4. The summed E-state index contributed by atoms with van der Waals surface area (Å²) >= 11 is 6.01. The molecule has 26 heavy (non-hydrogen) atoms. The molecule has 7 nitrogen and oxygen atoms in total. The van der Waals surface area contributed by atoms with Gasteiger partial charge in [0.2, 0.25) is 5.91 Å². The normalized spacial score (nSPS) is 10.6. The second-order valence-electron chi connectivity index (χ2n) is 5.75. The summed E-state index contributed by atoms with van der Waals surface area (Å²) in [7, 11) is 0. The van der Waals surface area contributed by atoms with Gasteiger partial charge in [0.15, 0.2) is 5.76 Å². The first-order valence-corrected chi connectivity index (χ1v) is 8.25. The van der Waals surface area contributed by atoms with Crippen LogP contribution in [0.3, 0.4) is 0 Å². The Labute approximate surface area is 154 Å². The molecule has 0 aliphatic heterocycles. The van der Waals surface area contributed by atoms with Crippen molar-refractivity contribution in [1.29, 1.82) is 0 Å². The van der Waals surface area contributed by atoms with Crippen LogP contribution in [0.4, 0.5) is 11.4 Å². The Morgan fingerprint density at radius 3 is 2.62 bits per heavy atom. The molecule has 2 amide bonds. The van der Waals surface area contributed by atoms with E-state index in [2.05, 4.69) is 15.7 Å². The van der Waals surface area contributed by atoms with Crippen molar-refractivity contribution >= 4 is 34.8 Å². The van der Waals surface area contributed by atoms with E-state index in [0.29, 0.717) is 16.4 Å². The van der Waals surface area contributed by atoms with Crippen LogP contribution in [0, 0.1) is 13.8 Å². The monoisotopic (exact) mass is 372 g/mol. The first-order chi connectivity index (χ1) is 12.4. The van der Waals surface area contributed by atoms with Crippen molar-refractivity contribution in [2.24, 2.45) is 0 Å². The number of rotatable bonds is 5.